The van der Waals surface area contributed by atoms with Crippen LogP contribution in [0.15, 0.2) is 109 Å². The van der Waals surface area contributed by atoms with Gasteiger partial charge in [-0.1, -0.05) is 71.6 Å². The Morgan fingerprint density at radius 2 is 1.17 bits per heavy atom. The van der Waals surface area contributed by atoms with Crippen LogP contribution in [0.2, 0.25) is 0 Å². The molecule has 0 bridgehead atoms. The third kappa shape index (κ3) is 7.87. The first-order valence-electron chi connectivity index (χ1n) is 14.9. The molecule has 42 heavy (non-hydrogen) atoms. The molecule has 0 nitrogen and oxygen atoms in total. The molecule has 6 rings (SSSR count). The second-order valence-corrected chi connectivity index (χ2v) is 14.5. The molecule has 0 heterocycles. The number of fused-ring (bicyclic) bond motifs is 3. The molecule has 0 aromatic heterocycles. The van der Waals surface area contributed by atoms with Gasteiger partial charge in [-0.3, -0.25) is 0 Å². The van der Waals surface area contributed by atoms with Crippen molar-refractivity contribution in [1.82, 2.24) is 0 Å². The minimum absolute atomic E-state index is 0.163. The number of rotatable bonds is 2. The van der Waals surface area contributed by atoms with E-state index in [0.717, 1.165) is 6.42 Å². The van der Waals surface area contributed by atoms with E-state index in [1.54, 1.807) is 0 Å². The van der Waals surface area contributed by atoms with Crippen LogP contribution in [-0.2, 0) is 41.5 Å². The van der Waals surface area contributed by atoms with E-state index in [0.29, 0.717) is 0 Å². The van der Waals surface area contributed by atoms with E-state index in [2.05, 4.69) is 140 Å². The first kappa shape index (κ1) is 31.9. The summed E-state index contributed by atoms with van der Waals surface area (Å²) in [6.07, 6.45) is 1.03. The summed E-state index contributed by atoms with van der Waals surface area (Å²) in [5.74, 6) is 0. The van der Waals surface area contributed by atoms with Crippen molar-refractivity contribution in [3.63, 3.8) is 0 Å². The number of benzene rings is 4. The van der Waals surface area contributed by atoms with Crippen molar-refractivity contribution in [2.75, 3.05) is 0 Å². The first-order chi connectivity index (χ1) is 19.9. The molecular weight excluding hydrogens is 584 g/mol. The fourth-order valence-electron chi connectivity index (χ4n) is 5.72. The summed E-state index contributed by atoms with van der Waals surface area (Å²) < 4.78 is 1.42. The molecule has 1 aliphatic rings. The second-order valence-electron chi connectivity index (χ2n) is 13.3. The van der Waals surface area contributed by atoms with Crippen LogP contribution in [0.25, 0.3) is 11.1 Å². The number of hydrogen-bond acceptors (Lipinski definition) is 0. The van der Waals surface area contributed by atoms with Gasteiger partial charge in [0.2, 0.25) is 0 Å². The van der Waals surface area contributed by atoms with Gasteiger partial charge in [0.05, 0.1) is 0 Å². The quantitative estimate of drug-likeness (QED) is 0.168. The summed E-state index contributed by atoms with van der Waals surface area (Å²) in [4.78, 5) is 0. The molecule has 0 fully saturated rings. The van der Waals surface area contributed by atoms with E-state index in [9.17, 15) is 0 Å². The predicted molar refractivity (Wildman–Crippen MR) is 179 cm³/mol. The number of aryl methyl sites for hydroxylation is 2. The van der Waals surface area contributed by atoms with Crippen molar-refractivity contribution in [2.45, 2.75) is 72.6 Å². The van der Waals surface area contributed by atoms with Gasteiger partial charge in [0.25, 0.3) is 0 Å². The Balaban J connectivity index is 0.000000179. The zero-order valence-corrected chi connectivity index (χ0v) is 29.1. The molecule has 0 saturated heterocycles. The van der Waals surface area contributed by atoms with E-state index in [4.69, 9.17) is 0 Å². The standard InChI is InChI=1S/C23H29.C13H10.C5H5.Zr/c1-14-9-16-11-17-10-15(2)21(23(6,7)8)13-19(17)18(16)12-20(14)22(3,4)5;1-3-7-12(8-4-1)11-13-9-5-2-6-10-13;1-2-4-5-3-1;/h9,12-13H,11H2,1-8H3;1-10H;1-5H;/q-1;;-1;+2. The van der Waals surface area contributed by atoms with Gasteiger partial charge in [0.1, 0.15) is 0 Å². The first-order valence-corrected chi connectivity index (χ1v) is 16.2. The zero-order chi connectivity index (χ0) is 30.5. The largest absolute Gasteiger partial charge is 0.214 e. The molecule has 5 aromatic rings. The molecule has 0 spiro atoms. The fraction of sp³-hybridized carbons (Fsp3) is 0.268. The normalized spacial score (nSPS) is 11.9. The van der Waals surface area contributed by atoms with E-state index >= 15 is 0 Å². The predicted octanol–water partition coefficient (Wildman–Crippen LogP) is 10.5. The summed E-state index contributed by atoms with van der Waals surface area (Å²) in [5, 5.41) is 0. The van der Waals surface area contributed by atoms with Gasteiger partial charge in [-0.15, -0.1) is 16.7 Å². The third-order valence-corrected chi connectivity index (χ3v) is 9.18. The van der Waals surface area contributed by atoms with Gasteiger partial charge in [-0.25, -0.2) is 12.1 Å². The summed E-state index contributed by atoms with van der Waals surface area (Å²) in [7, 11) is 0. The Morgan fingerprint density at radius 1 is 0.667 bits per heavy atom. The maximum absolute atomic E-state index is 3.69. The van der Waals surface area contributed by atoms with Crippen LogP contribution in [0.1, 0.15) is 86.1 Å². The van der Waals surface area contributed by atoms with Crippen LogP contribution in [0.4, 0.5) is 0 Å². The summed E-state index contributed by atoms with van der Waals surface area (Å²) in [6, 6.07) is 42.1. The SMILES string of the molecule is Cc1[c-]c2c(cc1C(C)(C)C)-c1cc(C(C)(C)C)c(C)cc1C2.[Zr+2]=[C](c1ccccc1)c1ccccc1.c1cc[cH-]c1. The molecule has 0 amide bonds. The van der Waals surface area contributed by atoms with Gasteiger partial charge < -0.3 is 0 Å². The van der Waals surface area contributed by atoms with Crippen molar-refractivity contribution in [3.05, 3.63) is 160 Å². The van der Waals surface area contributed by atoms with Crippen molar-refractivity contribution < 1.29 is 24.2 Å². The Bertz CT molecular complexity index is 1480. The minimum atomic E-state index is 0.163. The van der Waals surface area contributed by atoms with Crippen LogP contribution in [0, 0.1) is 19.9 Å². The van der Waals surface area contributed by atoms with Crippen LogP contribution in [0.5, 0.6) is 0 Å². The van der Waals surface area contributed by atoms with E-state index < -0.39 is 0 Å². The maximum Gasteiger partial charge on any atom is -0.172 e. The molecule has 0 saturated carbocycles. The summed E-state index contributed by atoms with van der Waals surface area (Å²) in [5.41, 5.74) is 14.3. The van der Waals surface area contributed by atoms with Gasteiger partial charge >= 0.3 is 99.2 Å². The van der Waals surface area contributed by atoms with E-state index in [1.807, 2.05) is 30.3 Å². The molecule has 0 unspecified atom stereocenters. The Morgan fingerprint density at radius 3 is 1.62 bits per heavy atom. The van der Waals surface area contributed by atoms with Crippen molar-refractivity contribution in [2.24, 2.45) is 0 Å². The minimum Gasteiger partial charge on any atom is -0.214 e. The van der Waals surface area contributed by atoms with Crippen molar-refractivity contribution in [1.29, 1.82) is 0 Å². The van der Waals surface area contributed by atoms with Crippen LogP contribution in [-0.4, -0.2) is 3.21 Å². The van der Waals surface area contributed by atoms with Gasteiger partial charge in [-0.05, 0) is 35.4 Å². The molecule has 0 N–H and O–H groups in total. The second kappa shape index (κ2) is 13.5. The monoisotopic (exact) mass is 626 g/mol. The van der Waals surface area contributed by atoms with Crippen molar-refractivity contribution in [3.8, 4) is 11.1 Å². The van der Waals surface area contributed by atoms with Crippen molar-refractivity contribution >= 4 is 3.21 Å². The molecule has 0 radical (unpaired) electrons. The molecule has 5 aromatic carbocycles. The Kier molecular flexibility index (Phi) is 10.3. The van der Waals surface area contributed by atoms with Crippen LogP contribution >= 0.6 is 0 Å². The Labute approximate surface area is 269 Å². The van der Waals surface area contributed by atoms with Gasteiger partial charge in [0.15, 0.2) is 0 Å². The zero-order valence-electron chi connectivity index (χ0n) is 26.6. The summed E-state index contributed by atoms with van der Waals surface area (Å²) >= 11 is 1.46. The van der Waals surface area contributed by atoms with Gasteiger partial charge in [-0.2, -0.15) is 35.9 Å². The average molecular weight is 628 g/mol. The maximum atomic E-state index is 3.69. The Hall–Kier alpha value is -3.02. The topological polar surface area (TPSA) is 0 Å². The fourth-order valence-corrected chi connectivity index (χ4v) is 6.54. The van der Waals surface area contributed by atoms with E-state index in [1.165, 1.54) is 83.1 Å². The molecule has 212 valence electrons. The molecular formula is C41H44Zr. The van der Waals surface area contributed by atoms with Gasteiger partial charge in [0, 0.05) is 0 Å². The van der Waals surface area contributed by atoms with Crippen LogP contribution < -0.4 is 0 Å². The molecule has 0 atom stereocenters. The molecule has 1 aliphatic carbocycles. The summed E-state index contributed by atoms with van der Waals surface area (Å²) in [6.45, 7) is 18.2. The number of hydrogen-bond donors (Lipinski definition) is 0. The van der Waals surface area contributed by atoms with Crippen LogP contribution in [0.3, 0.4) is 0 Å². The van der Waals surface area contributed by atoms with E-state index in [-0.39, 0.29) is 10.8 Å². The molecule has 1 heteroatoms. The smallest absolute Gasteiger partial charge is 0.172 e. The average Bonchev–Trinajstić information content (AvgIpc) is 3.63. The molecule has 0 aliphatic heterocycles. The third-order valence-electron chi connectivity index (χ3n) is 7.76.